The van der Waals surface area contributed by atoms with Gasteiger partial charge < -0.3 is 10.6 Å². The Bertz CT molecular complexity index is 1290. The van der Waals surface area contributed by atoms with Gasteiger partial charge in [0.2, 0.25) is 11.8 Å². The first-order chi connectivity index (χ1) is 16.5. The molecule has 0 saturated heterocycles. The van der Waals surface area contributed by atoms with Gasteiger partial charge in [0, 0.05) is 16.9 Å². The van der Waals surface area contributed by atoms with Gasteiger partial charge in [-0.2, -0.15) is 0 Å². The number of hydrogen-bond acceptors (Lipinski definition) is 5. The van der Waals surface area contributed by atoms with E-state index in [0.29, 0.717) is 11.0 Å². The number of hydrogen-bond donors (Lipinski definition) is 2. The van der Waals surface area contributed by atoms with Gasteiger partial charge in [0.05, 0.1) is 12.3 Å². The number of para-hydroxylation sites is 1. The third-order valence-electron chi connectivity index (χ3n) is 5.34. The van der Waals surface area contributed by atoms with Gasteiger partial charge in [0.25, 0.3) is 0 Å². The first-order valence-corrected chi connectivity index (χ1v) is 11.8. The zero-order valence-corrected chi connectivity index (χ0v) is 19.8. The molecule has 0 aliphatic rings. The fourth-order valence-electron chi connectivity index (χ4n) is 3.39. The Morgan fingerprint density at radius 2 is 1.56 bits per heavy atom. The van der Waals surface area contributed by atoms with Crippen LogP contribution in [0.15, 0.2) is 84.0 Å². The quantitative estimate of drug-likeness (QED) is 0.372. The highest BCUT2D eigenvalue weighted by atomic mass is 32.2. The van der Waals surface area contributed by atoms with Gasteiger partial charge >= 0.3 is 0 Å². The number of carbonyl (C=O) groups is 2. The van der Waals surface area contributed by atoms with E-state index in [4.69, 9.17) is 0 Å². The van der Waals surface area contributed by atoms with Crippen LogP contribution in [0.5, 0.6) is 0 Å². The number of amides is 2. The van der Waals surface area contributed by atoms with Crippen LogP contribution in [0.4, 0.5) is 5.69 Å². The Balaban J connectivity index is 1.40. The molecule has 0 radical (unpaired) electrons. The predicted octanol–water partition coefficient (Wildman–Crippen LogP) is 4.40. The largest absolute Gasteiger partial charge is 0.346 e. The van der Waals surface area contributed by atoms with Crippen LogP contribution >= 0.6 is 11.8 Å². The van der Waals surface area contributed by atoms with Gasteiger partial charge in [-0.05, 0) is 43.2 Å². The molecule has 3 aromatic carbocycles. The summed E-state index contributed by atoms with van der Waals surface area (Å²) < 4.78 is 1.93. The number of rotatable bonds is 8. The lowest BCUT2D eigenvalue weighted by Crippen LogP contribution is -2.34. The maximum atomic E-state index is 12.4. The number of benzene rings is 3. The molecule has 0 aliphatic carbocycles. The third kappa shape index (κ3) is 5.52. The van der Waals surface area contributed by atoms with Crippen LogP contribution in [0.1, 0.15) is 11.1 Å². The van der Waals surface area contributed by atoms with Crippen LogP contribution < -0.4 is 10.6 Å². The minimum atomic E-state index is -0.272. The summed E-state index contributed by atoms with van der Waals surface area (Å²) in [6.45, 7) is 3.83. The lowest BCUT2D eigenvalue weighted by atomic mass is 10.1. The average molecular weight is 472 g/mol. The van der Waals surface area contributed by atoms with Crippen molar-refractivity contribution >= 4 is 29.3 Å². The normalized spacial score (nSPS) is 10.6. The van der Waals surface area contributed by atoms with Crippen molar-refractivity contribution in [2.75, 3.05) is 17.6 Å². The van der Waals surface area contributed by atoms with Crippen molar-refractivity contribution < 1.29 is 9.59 Å². The molecular formula is C26H25N5O2S. The van der Waals surface area contributed by atoms with E-state index in [0.717, 1.165) is 28.1 Å². The molecule has 0 atom stereocenters. The number of thioether (sulfide) groups is 1. The maximum absolute atomic E-state index is 12.4. The highest BCUT2D eigenvalue weighted by Crippen LogP contribution is 2.27. The van der Waals surface area contributed by atoms with Crippen LogP contribution in [0.2, 0.25) is 0 Å². The van der Waals surface area contributed by atoms with Crippen molar-refractivity contribution in [3.05, 3.63) is 90.0 Å². The Labute approximate surface area is 202 Å². The van der Waals surface area contributed by atoms with Gasteiger partial charge in [0.15, 0.2) is 11.0 Å². The van der Waals surface area contributed by atoms with Crippen molar-refractivity contribution in [2.45, 2.75) is 19.0 Å². The van der Waals surface area contributed by atoms with E-state index in [1.165, 1.54) is 11.8 Å². The van der Waals surface area contributed by atoms with Crippen molar-refractivity contribution in [1.29, 1.82) is 0 Å². The molecule has 7 nitrogen and oxygen atoms in total. The molecule has 1 aromatic heterocycles. The number of carbonyl (C=O) groups excluding carboxylic acids is 2. The van der Waals surface area contributed by atoms with Crippen LogP contribution in [-0.4, -0.2) is 38.9 Å². The topological polar surface area (TPSA) is 88.9 Å². The van der Waals surface area contributed by atoms with Crippen LogP contribution in [0, 0.1) is 13.8 Å². The zero-order valence-electron chi connectivity index (χ0n) is 19.0. The Kier molecular flexibility index (Phi) is 7.39. The summed E-state index contributed by atoms with van der Waals surface area (Å²) in [5, 5.41) is 14.8. The summed E-state index contributed by atoms with van der Waals surface area (Å²) in [6, 6.07) is 25.3. The summed E-state index contributed by atoms with van der Waals surface area (Å²) in [4.78, 5) is 24.7. The molecule has 4 aromatic rings. The molecule has 2 amide bonds. The highest BCUT2D eigenvalue weighted by molar-refractivity contribution is 7.99. The molecule has 0 bridgehead atoms. The molecule has 0 saturated carbocycles. The maximum Gasteiger partial charge on any atom is 0.243 e. The monoisotopic (exact) mass is 471 g/mol. The smallest absolute Gasteiger partial charge is 0.243 e. The molecular weight excluding hydrogens is 446 g/mol. The molecule has 4 rings (SSSR count). The number of aromatic nitrogens is 3. The average Bonchev–Trinajstić information content (AvgIpc) is 3.29. The lowest BCUT2D eigenvalue weighted by molar-refractivity contribution is -0.122. The van der Waals surface area contributed by atoms with E-state index >= 15 is 0 Å². The molecule has 8 heteroatoms. The second kappa shape index (κ2) is 10.8. The first kappa shape index (κ1) is 23.3. The number of aryl methyl sites for hydroxylation is 1. The minimum absolute atomic E-state index is 0.104. The van der Waals surface area contributed by atoms with E-state index in [2.05, 4.69) is 20.8 Å². The van der Waals surface area contributed by atoms with Gasteiger partial charge in [-0.3, -0.25) is 14.2 Å². The van der Waals surface area contributed by atoms with Crippen molar-refractivity contribution in [3.63, 3.8) is 0 Å². The third-order valence-corrected chi connectivity index (χ3v) is 6.27. The SMILES string of the molecule is Cc1cccc(NC(=O)CNC(=O)CSc2nnc(-c3ccccc3)n2-c2ccccc2)c1C. The second-order valence-electron chi connectivity index (χ2n) is 7.70. The molecule has 172 valence electrons. The number of nitrogens with one attached hydrogen (secondary N) is 2. The fourth-order valence-corrected chi connectivity index (χ4v) is 4.17. The standard InChI is InChI=1S/C26H25N5O2S/c1-18-10-9-15-22(19(18)2)28-23(32)16-27-24(33)17-34-26-30-29-25(20-11-5-3-6-12-20)31(26)21-13-7-4-8-14-21/h3-15H,16-17H2,1-2H3,(H,27,33)(H,28,32). The molecule has 34 heavy (non-hydrogen) atoms. The predicted molar refractivity (Wildman–Crippen MR) is 135 cm³/mol. The number of anilines is 1. The van der Waals surface area contributed by atoms with Gasteiger partial charge in [-0.25, -0.2) is 0 Å². The molecule has 0 aliphatic heterocycles. The van der Waals surface area contributed by atoms with E-state index in [-0.39, 0.29) is 24.1 Å². The van der Waals surface area contributed by atoms with Gasteiger partial charge in [-0.15, -0.1) is 10.2 Å². The summed E-state index contributed by atoms with van der Waals surface area (Å²) in [7, 11) is 0. The van der Waals surface area contributed by atoms with Crippen LogP contribution in [-0.2, 0) is 9.59 Å². The van der Waals surface area contributed by atoms with Crippen molar-refractivity contribution in [1.82, 2.24) is 20.1 Å². The van der Waals surface area contributed by atoms with Gasteiger partial charge in [0.1, 0.15) is 0 Å². The number of nitrogens with zero attached hydrogens (tertiary/aromatic N) is 3. The van der Waals surface area contributed by atoms with Crippen molar-refractivity contribution in [3.8, 4) is 17.1 Å². The van der Waals surface area contributed by atoms with Gasteiger partial charge in [-0.1, -0.05) is 72.4 Å². The molecule has 1 heterocycles. The lowest BCUT2D eigenvalue weighted by Gasteiger charge is -2.11. The first-order valence-electron chi connectivity index (χ1n) is 10.8. The van der Waals surface area contributed by atoms with E-state index in [9.17, 15) is 9.59 Å². The Morgan fingerprint density at radius 3 is 2.29 bits per heavy atom. The van der Waals surface area contributed by atoms with E-state index < -0.39 is 0 Å². The minimum Gasteiger partial charge on any atom is -0.346 e. The van der Waals surface area contributed by atoms with Crippen molar-refractivity contribution in [2.24, 2.45) is 0 Å². The summed E-state index contributed by atoms with van der Waals surface area (Å²) in [5.74, 6) is 0.273. The Morgan fingerprint density at radius 1 is 0.853 bits per heavy atom. The van der Waals surface area contributed by atoms with E-state index in [1.54, 1.807) is 0 Å². The van der Waals surface area contributed by atoms with Crippen LogP contribution in [0.25, 0.3) is 17.1 Å². The fraction of sp³-hybridized carbons (Fsp3) is 0.154. The molecule has 0 spiro atoms. The highest BCUT2D eigenvalue weighted by Gasteiger charge is 2.17. The summed E-state index contributed by atoms with van der Waals surface area (Å²) in [5.41, 5.74) is 4.68. The Hall–Kier alpha value is -3.91. The summed E-state index contributed by atoms with van der Waals surface area (Å²) >= 11 is 1.27. The molecule has 2 N–H and O–H groups in total. The van der Waals surface area contributed by atoms with Crippen LogP contribution in [0.3, 0.4) is 0 Å². The zero-order chi connectivity index (χ0) is 23.9. The second-order valence-corrected chi connectivity index (χ2v) is 8.65. The van der Waals surface area contributed by atoms with E-state index in [1.807, 2.05) is 97.3 Å². The molecule has 0 fully saturated rings. The molecule has 0 unspecified atom stereocenters. The summed E-state index contributed by atoms with van der Waals surface area (Å²) in [6.07, 6.45) is 0.